The Labute approximate surface area is 90.1 Å². The molecule has 15 heavy (non-hydrogen) atoms. The molecule has 5 nitrogen and oxygen atoms in total. The van der Waals surface area contributed by atoms with E-state index in [9.17, 15) is 9.59 Å². The van der Waals surface area contributed by atoms with Gasteiger partial charge in [0.1, 0.15) is 6.04 Å². The number of carbonyl (C=O) groups excluding carboxylic acids is 2. The maximum atomic E-state index is 11.3. The standard InChI is InChI=1S/C10H19NO4/c1-4-8(10(13)15-6-3)11-7-9(12)14-5-2/h8,11H,4-7H2,1-3H3. The van der Waals surface area contributed by atoms with Gasteiger partial charge in [-0.1, -0.05) is 6.92 Å². The highest BCUT2D eigenvalue weighted by Crippen LogP contribution is 1.94. The van der Waals surface area contributed by atoms with Gasteiger partial charge in [-0.05, 0) is 20.3 Å². The summed E-state index contributed by atoms with van der Waals surface area (Å²) >= 11 is 0. The fourth-order valence-electron chi connectivity index (χ4n) is 1.06. The van der Waals surface area contributed by atoms with E-state index in [1.807, 2.05) is 6.92 Å². The van der Waals surface area contributed by atoms with E-state index in [1.54, 1.807) is 13.8 Å². The van der Waals surface area contributed by atoms with E-state index in [4.69, 9.17) is 9.47 Å². The molecule has 1 N–H and O–H groups in total. The van der Waals surface area contributed by atoms with Crippen LogP contribution in [0.1, 0.15) is 27.2 Å². The first-order valence-electron chi connectivity index (χ1n) is 5.21. The molecule has 0 heterocycles. The second-order valence-electron chi connectivity index (χ2n) is 2.90. The number of esters is 2. The molecule has 0 aromatic rings. The second-order valence-corrected chi connectivity index (χ2v) is 2.90. The zero-order chi connectivity index (χ0) is 11.7. The predicted molar refractivity (Wildman–Crippen MR) is 55.3 cm³/mol. The molecule has 0 amide bonds. The highest BCUT2D eigenvalue weighted by atomic mass is 16.5. The van der Waals surface area contributed by atoms with Crippen LogP contribution in [0.5, 0.6) is 0 Å². The van der Waals surface area contributed by atoms with Crippen molar-refractivity contribution in [3.05, 3.63) is 0 Å². The molecule has 5 heteroatoms. The van der Waals surface area contributed by atoms with Gasteiger partial charge < -0.3 is 9.47 Å². The first kappa shape index (κ1) is 13.9. The minimum absolute atomic E-state index is 0.0329. The molecule has 0 bridgehead atoms. The van der Waals surface area contributed by atoms with Crippen molar-refractivity contribution in [2.24, 2.45) is 0 Å². The van der Waals surface area contributed by atoms with Gasteiger partial charge in [0.15, 0.2) is 0 Å². The monoisotopic (exact) mass is 217 g/mol. The van der Waals surface area contributed by atoms with Gasteiger partial charge in [0.25, 0.3) is 0 Å². The molecule has 0 aromatic heterocycles. The van der Waals surface area contributed by atoms with Crippen molar-refractivity contribution >= 4 is 11.9 Å². The first-order valence-corrected chi connectivity index (χ1v) is 5.21. The summed E-state index contributed by atoms with van der Waals surface area (Å²) in [4.78, 5) is 22.3. The molecule has 0 aliphatic rings. The largest absolute Gasteiger partial charge is 0.465 e. The Morgan fingerprint density at radius 3 is 2.20 bits per heavy atom. The van der Waals surface area contributed by atoms with E-state index in [2.05, 4.69) is 5.32 Å². The third kappa shape index (κ3) is 6.06. The molecule has 0 rings (SSSR count). The minimum Gasteiger partial charge on any atom is -0.465 e. The number of hydrogen-bond donors (Lipinski definition) is 1. The average Bonchev–Trinajstić information content (AvgIpc) is 2.19. The summed E-state index contributed by atoms with van der Waals surface area (Å²) in [6.07, 6.45) is 0.582. The highest BCUT2D eigenvalue weighted by Gasteiger charge is 2.17. The van der Waals surface area contributed by atoms with Crippen molar-refractivity contribution in [2.45, 2.75) is 33.2 Å². The highest BCUT2D eigenvalue weighted by molar-refractivity contribution is 5.77. The van der Waals surface area contributed by atoms with Gasteiger partial charge in [0, 0.05) is 0 Å². The van der Waals surface area contributed by atoms with E-state index >= 15 is 0 Å². The molecular weight excluding hydrogens is 198 g/mol. The van der Waals surface area contributed by atoms with Crippen LogP contribution in [0.25, 0.3) is 0 Å². The zero-order valence-corrected chi connectivity index (χ0v) is 9.54. The molecule has 0 fully saturated rings. The van der Waals surface area contributed by atoms with Crippen LogP contribution < -0.4 is 5.32 Å². The van der Waals surface area contributed by atoms with Crippen LogP contribution in [0.2, 0.25) is 0 Å². The number of ether oxygens (including phenoxy) is 2. The van der Waals surface area contributed by atoms with E-state index in [1.165, 1.54) is 0 Å². The van der Waals surface area contributed by atoms with Crippen LogP contribution >= 0.6 is 0 Å². The molecule has 0 saturated heterocycles. The Bertz CT molecular complexity index is 206. The number of nitrogens with one attached hydrogen (secondary N) is 1. The maximum absolute atomic E-state index is 11.3. The van der Waals surface area contributed by atoms with E-state index in [-0.39, 0.29) is 18.5 Å². The van der Waals surface area contributed by atoms with Gasteiger partial charge in [0.05, 0.1) is 19.8 Å². The van der Waals surface area contributed by atoms with Gasteiger partial charge in [-0.25, -0.2) is 0 Å². The molecule has 0 aliphatic carbocycles. The Balaban J connectivity index is 3.89. The lowest BCUT2D eigenvalue weighted by atomic mass is 10.2. The summed E-state index contributed by atoms with van der Waals surface area (Å²) in [7, 11) is 0. The Morgan fingerprint density at radius 1 is 1.13 bits per heavy atom. The average molecular weight is 217 g/mol. The summed E-state index contributed by atoms with van der Waals surface area (Å²) in [5.41, 5.74) is 0. The predicted octanol–water partition coefficient (Wildman–Crippen LogP) is 0.481. The summed E-state index contributed by atoms with van der Waals surface area (Å²) in [5.74, 6) is -0.690. The van der Waals surface area contributed by atoms with E-state index in [0.717, 1.165) is 0 Å². The lowest BCUT2D eigenvalue weighted by Crippen LogP contribution is -2.40. The van der Waals surface area contributed by atoms with Gasteiger partial charge >= 0.3 is 11.9 Å². The zero-order valence-electron chi connectivity index (χ0n) is 9.54. The lowest BCUT2D eigenvalue weighted by Gasteiger charge is -2.14. The van der Waals surface area contributed by atoms with Crippen LogP contribution in [-0.4, -0.2) is 37.7 Å². The van der Waals surface area contributed by atoms with Crippen molar-refractivity contribution in [1.82, 2.24) is 5.32 Å². The quantitative estimate of drug-likeness (QED) is 0.628. The number of hydrogen-bond acceptors (Lipinski definition) is 5. The molecule has 1 unspecified atom stereocenters. The fourth-order valence-corrected chi connectivity index (χ4v) is 1.06. The third-order valence-electron chi connectivity index (χ3n) is 1.78. The molecule has 1 atom stereocenters. The normalized spacial score (nSPS) is 11.9. The van der Waals surface area contributed by atoms with Crippen molar-refractivity contribution in [1.29, 1.82) is 0 Å². The molecular formula is C10H19NO4. The molecule has 0 aliphatic heterocycles. The lowest BCUT2D eigenvalue weighted by molar-refractivity contribution is -0.146. The van der Waals surface area contributed by atoms with Gasteiger partial charge in [-0.3, -0.25) is 14.9 Å². The first-order chi connectivity index (χ1) is 7.15. The molecule has 0 aromatic carbocycles. The summed E-state index contributed by atoms with van der Waals surface area (Å²) < 4.78 is 9.56. The summed E-state index contributed by atoms with van der Waals surface area (Å²) in [6.45, 7) is 6.05. The van der Waals surface area contributed by atoms with Crippen LogP contribution in [-0.2, 0) is 19.1 Å². The third-order valence-corrected chi connectivity index (χ3v) is 1.78. The van der Waals surface area contributed by atoms with E-state index in [0.29, 0.717) is 19.6 Å². The molecule has 0 saturated carbocycles. The summed E-state index contributed by atoms with van der Waals surface area (Å²) in [5, 5.41) is 2.79. The Kier molecular flexibility index (Phi) is 7.62. The smallest absolute Gasteiger partial charge is 0.323 e. The van der Waals surface area contributed by atoms with Crippen LogP contribution in [0.3, 0.4) is 0 Å². The van der Waals surface area contributed by atoms with Gasteiger partial charge in [-0.2, -0.15) is 0 Å². The Hall–Kier alpha value is -1.10. The fraction of sp³-hybridized carbons (Fsp3) is 0.800. The molecule has 0 radical (unpaired) electrons. The van der Waals surface area contributed by atoms with Crippen LogP contribution in [0.15, 0.2) is 0 Å². The molecule has 88 valence electrons. The van der Waals surface area contributed by atoms with Gasteiger partial charge in [0.2, 0.25) is 0 Å². The molecule has 0 spiro atoms. The Morgan fingerprint density at radius 2 is 1.73 bits per heavy atom. The topological polar surface area (TPSA) is 64.6 Å². The van der Waals surface area contributed by atoms with Gasteiger partial charge in [-0.15, -0.1) is 0 Å². The number of carbonyl (C=O) groups is 2. The van der Waals surface area contributed by atoms with Crippen LogP contribution in [0, 0.1) is 0 Å². The number of rotatable bonds is 7. The van der Waals surface area contributed by atoms with Crippen molar-refractivity contribution in [3.8, 4) is 0 Å². The second kappa shape index (κ2) is 8.23. The van der Waals surface area contributed by atoms with E-state index < -0.39 is 6.04 Å². The van der Waals surface area contributed by atoms with Crippen LogP contribution in [0.4, 0.5) is 0 Å². The van der Waals surface area contributed by atoms with Crippen molar-refractivity contribution < 1.29 is 19.1 Å². The maximum Gasteiger partial charge on any atom is 0.323 e. The van der Waals surface area contributed by atoms with Crippen molar-refractivity contribution in [3.63, 3.8) is 0 Å². The van der Waals surface area contributed by atoms with Crippen molar-refractivity contribution in [2.75, 3.05) is 19.8 Å². The minimum atomic E-state index is -0.436. The SMILES string of the molecule is CCOC(=O)CNC(CC)C(=O)OCC. The summed E-state index contributed by atoms with van der Waals surface area (Å²) in [6, 6.07) is -0.436.